The van der Waals surface area contributed by atoms with Gasteiger partial charge in [-0.25, -0.2) is 0 Å². The first-order chi connectivity index (χ1) is 10.1. The molecule has 1 aliphatic rings. The van der Waals surface area contributed by atoms with Crippen molar-refractivity contribution in [1.82, 2.24) is 4.90 Å². The van der Waals surface area contributed by atoms with E-state index in [2.05, 4.69) is 26.0 Å². The van der Waals surface area contributed by atoms with Crippen LogP contribution in [-0.2, 0) is 11.3 Å². The largest absolute Gasteiger partial charge is 0.497 e. The second kappa shape index (κ2) is 7.46. The summed E-state index contributed by atoms with van der Waals surface area (Å²) in [5, 5.41) is 0. The summed E-state index contributed by atoms with van der Waals surface area (Å²) < 4.78 is 5.18. The number of benzene rings is 1. The number of methoxy groups -OCH3 is 1. The van der Waals surface area contributed by atoms with Crippen molar-refractivity contribution in [3.8, 4) is 5.75 Å². The summed E-state index contributed by atoms with van der Waals surface area (Å²) in [7, 11) is 1.69. The van der Waals surface area contributed by atoms with Crippen molar-refractivity contribution in [3.63, 3.8) is 0 Å². The molecule has 0 bridgehead atoms. The molecule has 0 spiro atoms. The van der Waals surface area contributed by atoms with Gasteiger partial charge >= 0.3 is 0 Å². The summed E-state index contributed by atoms with van der Waals surface area (Å²) in [5.41, 5.74) is 1.33. The third-order valence-corrected chi connectivity index (χ3v) is 4.02. The Labute approximate surface area is 127 Å². The predicted octanol–water partition coefficient (Wildman–Crippen LogP) is 0.968. The molecule has 4 heteroatoms. The van der Waals surface area contributed by atoms with Gasteiger partial charge in [0.2, 0.25) is 5.91 Å². The highest BCUT2D eigenvalue weighted by atomic mass is 16.5. The fraction of sp³-hybridized carbons (Fsp3) is 0.588. The standard InChI is InChI=1S/C17H26N2O2/c1-14(2)12-17(20)19-10-8-18(9-11-19)13-15-4-6-16(21-3)7-5-15/h4-7,14H,8-13H2,1-3H3/p+1. The Hall–Kier alpha value is -1.55. The highest BCUT2D eigenvalue weighted by Gasteiger charge is 2.23. The first-order valence-electron chi connectivity index (χ1n) is 7.82. The van der Waals surface area contributed by atoms with Crippen LogP contribution < -0.4 is 9.64 Å². The first kappa shape index (κ1) is 15.8. The second-order valence-corrected chi connectivity index (χ2v) is 6.25. The maximum Gasteiger partial charge on any atom is 0.223 e. The molecule has 116 valence electrons. The Bertz CT molecular complexity index is 448. The summed E-state index contributed by atoms with van der Waals surface area (Å²) in [5.74, 6) is 1.66. The molecular weight excluding hydrogens is 264 g/mol. The molecule has 0 unspecified atom stereocenters. The van der Waals surface area contributed by atoms with Crippen LogP contribution in [0, 0.1) is 5.92 Å². The number of nitrogens with zero attached hydrogens (tertiary/aromatic N) is 1. The van der Waals surface area contributed by atoms with Gasteiger partial charge in [0.05, 0.1) is 33.3 Å². The van der Waals surface area contributed by atoms with Crippen LogP contribution in [-0.4, -0.2) is 44.1 Å². The number of hydrogen-bond acceptors (Lipinski definition) is 2. The molecule has 1 fully saturated rings. The van der Waals surface area contributed by atoms with E-state index in [0.29, 0.717) is 18.2 Å². The highest BCUT2D eigenvalue weighted by molar-refractivity contribution is 5.76. The summed E-state index contributed by atoms with van der Waals surface area (Å²) in [4.78, 5) is 15.6. The van der Waals surface area contributed by atoms with Gasteiger partial charge in [-0.2, -0.15) is 0 Å². The maximum absolute atomic E-state index is 12.0. The molecule has 4 nitrogen and oxygen atoms in total. The van der Waals surface area contributed by atoms with Crippen LogP contribution in [0.25, 0.3) is 0 Å². The van der Waals surface area contributed by atoms with Gasteiger partial charge in [-0.05, 0) is 30.2 Å². The van der Waals surface area contributed by atoms with E-state index >= 15 is 0 Å². The third kappa shape index (κ3) is 4.74. The Balaban J connectivity index is 1.79. The van der Waals surface area contributed by atoms with Crippen molar-refractivity contribution in [3.05, 3.63) is 29.8 Å². The minimum Gasteiger partial charge on any atom is -0.497 e. The van der Waals surface area contributed by atoms with Gasteiger partial charge in [-0.15, -0.1) is 0 Å². The molecule has 2 rings (SSSR count). The van der Waals surface area contributed by atoms with Gasteiger partial charge in [0.15, 0.2) is 0 Å². The number of amides is 1. The lowest BCUT2D eigenvalue weighted by Gasteiger charge is -2.32. The zero-order valence-electron chi connectivity index (χ0n) is 13.4. The van der Waals surface area contributed by atoms with Gasteiger partial charge < -0.3 is 14.5 Å². The zero-order chi connectivity index (χ0) is 15.2. The topological polar surface area (TPSA) is 34.0 Å². The molecule has 1 aliphatic heterocycles. The number of ether oxygens (including phenoxy) is 1. The summed E-state index contributed by atoms with van der Waals surface area (Å²) in [6, 6.07) is 8.28. The van der Waals surface area contributed by atoms with E-state index in [1.807, 2.05) is 17.0 Å². The van der Waals surface area contributed by atoms with Gasteiger partial charge in [0.1, 0.15) is 12.3 Å². The molecule has 0 saturated carbocycles. The lowest BCUT2D eigenvalue weighted by Crippen LogP contribution is -3.13. The SMILES string of the molecule is COc1ccc(C[NH+]2CCN(C(=O)CC(C)C)CC2)cc1. The quantitative estimate of drug-likeness (QED) is 0.877. The Morgan fingerprint density at radius 3 is 2.38 bits per heavy atom. The third-order valence-electron chi connectivity index (χ3n) is 4.02. The molecule has 1 heterocycles. The molecule has 1 aromatic rings. The summed E-state index contributed by atoms with van der Waals surface area (Å²) in [6.45, 7) is 9.07. The minimum atomic E-state index is 0.313. The van der Waals surface area contributed by atoms with Gasteiger partial charge in [-0.3, -0.25) is 4.79 Å². The van der Waals surface area contributed by atoms with E-state index in [4.69, 9.17) is 4.74 Å². The minimum absolute atomic E-state index is 0.313. The fourth-order valence-corrected chi connectivity index (χ4v) is 2.76. The molecule has 1 saturated heterocycles. The number of rotatable bonds is 5. The van der Waals surface area contributed by atoms with E-state index < -0.39 is 0 Å². The van der Waals surface area contributed by atoms with Crippen molar-refractivity contribution < 1.29 is 14.4 Å². The molecule has 0 radical (unpaired) electrons. The van der Waals surface area contributed by atoms with E-state index in [1.165, 1.54) is 5.56 Å². The van der Waals surface area contributed by atoms with E-state index in [-0.39, 0.29) is 0 Å². The second-order valence-electron chi connectivity index (χ2n) is 6.25. The molecule has 1 amide bonds. The van der Waals surface area contributed by atoms with Crippen molar-refractivity contribution >= 4 is 5.91 Å². The molecule has 21 heavy (non-hydrogen) atoms. The average Bonchev–Trinajstić information content (AvgIpc) is 2.48. The smallest absolute Gasteiger partial charge is 0.223 e. The Kier molecular flexibility index (Phi) is 5.62. The molecule has 1 N–H and O–H groups in total. The summed E-state index contributed by atoms with van der Waals surface area (Å²) >= 11 is 0. The number of quaternary nitrogens is 1. The summed E-state index contributed by atoms with van der Waals surface area (Å²) in [6.07, 6.45) is 0.674. The van der Waals surface area contributed by atoms with E-state index in [1.54, 1.807) is 12.0 Å². The van der Waals surface area contributed by atoms with Gasteiger partial charge in [-0.1, -0.05) is 13.8 Å². The van der Waals surface area contributed by atoms with Crippen LogP contribution in [0.15, 0.2) is 24.3 Å². The highest BCUT2D eigenvalue weighted by Crippen LogP contribution is 2.10. The maximum atomic E-state index is 12.0. The first-order valence-corrected chi connectivity index (χ1v) is 7.82. The van der Waals surface area contributed by atoms with Crippen molar-refractivity contribution in [2.24, 2.45) is 5.92 Å². The van der Waals surface area contributed by atoms with Crippen LogP contribution in [0.4, 0.5) is 0 Å². The average molecular weight is 291 g/mol. The van der Waals surface area contributed by atoms with E-state index in [9.17, 15) is 4.79 Å². The van der Waals surface area contributed by atoms with Crippen LogP contribution in [0.3, 0.4) is 0 Å². The molecular formula is C17H27N2O2+. The molecule has 0 atom stereocenters. The predicted molar refractivity (Wildman–Crippen MR) is 83.4 cm³/mol. The number of nitrogens with one attached hydrogen (secondary N) is 1. The van der Waals surface area contributed by atoms with Crippen LogP contribution in [0.1, 0.15) is 25.8 Å². The monoisotopic (exact) mass is 291 g/mol. The Morgan fingerprint density at radius 1 is 1.24 bits per heavy atom. The van der Waals surface area contributed by atoms with Crippen LogP contribution in [0.2, 0.25) is 0 Å². The molecule has 0 aromatic heterocycles. The van der Waals surface area contributed by atoms with Crippen molar-refractivity contribution in [2.75, 3.05) is 33.3 Å². The Morgan fingerprint density at radius 2 is 1.86 bits per heavy atom. The van der Waals surface area contributed by atoms with Gasteiger partial charge in [0.25, 0.3) is 0 Å². The number of hydrogen-bond donors (Lipinski definition) is 1. The van der Waals surface area contributed by atoms with E-state index in [0.717, 1.165) is 38.5 Å². The number of piperazine rings is 1. The fourth-order valence-electron chi connectivity index (χ4n) is 2.76. The number of carbonyl (C=O) groups excluding carboxylic acids is 1. The zero-order valence-corrected chi connectivity index (χ0v) is 13.4. The molecule has 0 aliphatic carbocycles. The number of carbonyl (C=O) groups is 1. The lowest BCUT2D eigenvalue weighted by atomic mass is 10.1. The van der Waals surface area contributed by atoms with Crippen LogP contribution in [0.5, 0.6) is 5.75 Å². The molecule has 1 aromatic carbocycles. The normalized spacial score (nSPS) is 16.3. The van der Waals surface area contributed by atoms with Crippen molar-refractivity contribution in [1.29, 1.82) is 0 Å². The van der Waals surface area contributed by atoms with Crippen LogP contribution >= 0.6 is 0 Å². The van der Waals surface area contributed by atoms with Gasteiger partial charge in [0, 0.05) is 12.0 Å². The lowest BCUT2D eigenvalue weighted by molar-refractivity contribution is -0.917. The van der Waals surface area contributed by atoms with Crippen molar-refractivity contribution in [2.45, 2.75) is 26.8 Å².